The third-order valence-corrected chi connectivity index (χ3v) is 4.77. The van der Waals surface area contributed by atoms with Crippen molar-refractivity contribution in [2.75, 3.05) is 12.4 Å². The quantitative estimate of drug-likeness (QED) is 0.850. The SMILES string of the molecule is Cc1cccc(OCC(O)CS(=O)(=O)Cc2ccccc2)c1. The molecule has 0 aromatic heterocycles. The molecule has 0 saturated carbocycles. The number of aryl methyl sites for hydroxylation is 1. The molecule has 0 aliphatic heterocycles. The molecule has 0 fully saturated rings. The summed E-state index contributed by atoms with van der Waals surface area (Å²) < 4.78 is 29.6. The molecule has 0 spiro atoms. The molecule has 1 atom stereocenters. The Hall–Kier alpha value is -1.85. The van der Waals surface area contributed by atoms with Crippen LogP contribution < -0.4 is 4.74 Å². The minimum atomic E-state index is -3.38. The Morgan fingerprint density at radius 2 is 1.82 bits per heavy atom. The lowest BCUT2D eigenvalue weighted by atomic mass is 10.2. The Morgan fingerprint density at radius 1 is 1.09 bits per heavy atom. The predicted molar refractivity (Wildman–Crippen MR) is 86.6 cm³/mol. The van der Waals surface area contributed by atoms with Crippen LogP contribution in [-0.2, 0) is 15.6 Å². The van der Waals surface area contributed by atoms with E-state index in [9.17, 15) is 13.5 Å². The van der Waals surface area contributed by atoms with Gasteiger partial charge in [-0.2, -0.15) is 0 Å². The molecule has 1 unspecified atom stereocenters. The van der Waals surface area contributed by atoms with Crippen LogP contribution in [0.5, 0.6) is 5.75 Å². The molecule has 0 aliphatic rings. The van der Waals surface area contributed by atoms with Crippen molar-refractivity contribution in [3.8, 4) is 5.75 Å². The van der Waals surface area contributed by atoms with Gasteiger partial charge in [-0.15, -0.1) is 0 Å². The third kappa shape index (κ3) is 5.50. The van der Waals surface area contributed by atoms with Gasteiger partial charge >= 0.3 is 0 Å². The van der Waals surface area contributed by atoms with E-state index in [1.54, 1.807) is 30.3 Å². The first-order valence-electron chi connectivity index (χ1n) is 7.06. The van der Waals surface area contributed by atoms with E-state index in [1.807, 2.05) is 31.2 Å². The molecule has 0 saturated heterocycles. The number of hydrogen-bond acceptors (Lipinski definition) is 4. The van der Waals surface area contributed by atoms with Gasteiger partial charge in [0.1, 0.15) is 18.5 Å². The number of ether oxygens (including phenoxy) is 1. The summed E-state index contributed by atoms with van der Waals surface area (Å²) in [7, 11) is -3.38. The molecule has 5 heteroatoms. The molecule has 2 aromatic rings. The van der Waals surface area contributed by atoms with E-state index in [0.717, 1.165) is 5.56 Å². The number of aliphatic hydroxyl groups excluding tert-OH is 1. The largest absolute Gasteiger partial charge is 0.491 e. The van der Waals surface area contributed by atoms with Gasteiger partial charge in [-0.25, -0.2) is 8.42 Å². The standard InChI is InChI=1S/C17H20O4S/c1-14-6-5-9-17(10-14)21-11-16(18)13-22(19,20)12-15-7-3-2-4-8-15/h2-10,16,18H,11-13H2,1H3. The van der Waals surface area contributed by atoms with Crippen molar-refractivity contribution in [3.63, 3.8) is 0 Å². The first kappa shape index (κ1) is 16.5. The maximum Gasteiger partial charge on any atom is 0.157 e. The molecule has 2 aromatic carbocycles. The summed E-state index contributed by atoms with van der Waals surface area (Å²) in [5, 5.41) is 9.89. The van der Waals surface area contributed by atoms with Crippen LogP contribution in [0.1, 0.15) is 11.1 Å². The molecule has 118 valence electrons. The lowest BCUT2D eigenvalue weighted by Gasteiger charge is -2.13. The van der Waals surface area contributed by atoms with Gasteiger partial charge < -0.3 is 9.84 Å². The summed E-state index contributed by atoms with van der Waals surface area (Å²) in [6.07, 6.45) is -1.05. The number of sulfone groups is 1. The molecular weight excluding hydrogens is 300 g/mol. The van der Waals surface area contributed by atoms with E-state index >= 15 is 0 Å². The van der Waals surface area contributed by atoms with Crippen molar-refractivity contribution in [1.82, 2.24) is 0 Å². The second-order valence-corrected chi connectivity index (χ2v) is 7.43. The first-order valence-corrected chi connectivity index (χ1v) is 8.89. The maximum absolute atomic E-state index is 12.1. The van der Waals surface area contributed by atoms with Crippen LogP contribution in [0, 0.1) is 6.92 Å². The zero-order valence-electron chi connectivity index (χ0n) is 12.5. The highest BCUT2D eigenvalue weighted by molar-refractivity contribution is 7.90. The van der Waals surface area contributed by atoms with Crippen molar-refractivity contribution in [3.05, 3.63) is 65.7 Å². The van der Waals surface area contributed by atoms with Gasteiger partial charge in [-0.3, -0.25) is 0 Å². The maximum atomic E-state index is 12.1. The molecule has 0 bridgehead atoms. The Kier molecular flexibility index (Phi) is 5.57. The van der Waals surface area contributed by atoms with Crippen LogP contribution in [0.25, 0.3) is 0 Å². The van der Waals surface area contributed by atoms with E-state index in [4.69, 9.17) is 4.74 Å². The van der Waals surface area contributed by atoms with Gasteiger partial charge in [0.05, 0.1) is 11.5 Å². The van der Waals surface area contributed by atoms with Crippen molar-refractivity contribution >= 4 is 9.84 Å². The van der Waals surface area contributed by atoms with Crippen molar-refractivity contribution in [2.24, 2.45) is 0 Å². The van der Waals surface area contributed by atoms with Gasteiger partial charge in [0.15, 0.2) is 9.84 Å². The molecule has 22 heavy (non-hydrogen) atoms. The number of hydrogen-bond donors (Lipinski definition) is 1. The topological polar surface area (TPSA) is 63.6 Å². The lowest BCUT2D eigenvalue weighted by molar-refractivity contribution is 0.125. The summed E-state index contributed by atoms with van der Waals surface area (Å²) in [6.45, 7) is 1.89. The molecule has 0 radical (unpaired) electrons. The minimum absolute atomic E-state index is 0.0442. The fraction of sp³-hybridized carbons (Fsp3) is 0.294. The van der Waals surface area contributed by atoms with Crippen LogP contribution in [0.2, 0.25) is 0 Å². The molecular formula is C17H20O4S. The Bertz CT molecular complexity index is 696. The van der Waals surface area contributed by atoms with Gasteiger partial charge in [-0.05, 0) is 30.2 Å². The fourth-order valence-corrected chi connectivity index (χ4v) is 3.63. The van der Waals surface area contributed by atoms with Gasteiger partial charge in [-0.1, -0.05) is 42.5 Å². The second kappa shape index (κ2) is 7.42. The van der Waals surface area contributed by atoms with Gasteiger partial charge in [0.2, 0.25) is 0 Å². The Labute approximate surface area is 131 Å². The normalized spacial score (nSPS) is 12.8. The fourth-order valence-electron chi connectivity index (χ4n) is 2.13. The zero-order chi connectivity index (χ0) is 16.0. The van der Waals surface area contributed by atoms with E-state index in [2.05, 4.69) is 0 Å². The number of benzene rings is 2. The van der Waals surface area contributed by atoms with Crippen LogP contribution in [-0.4, -0.2) is 32.0 Å². The molecule has 1 N–H and O–H groups in total. The minimum Gasteiger partial charge on any atom is -0.491 e. The summed E-state index contributed by atoms with van der Waals surface area (Å²) in [6, 6.07) is 16.3. The highest BCUT2D eigenvalue weighted by atomic mass is 32.2. The highest BCUT2D eigenvalue weighted by Gasteiger charge is 2.18. The Morgan fingerprint density at radius 3 is 2.50 bits per heavy atom. The second-order valence-electron chi connectivity index (χ2n) is 5.32. The average Bonchev–Trinajstić information content (AvgIpc) is 2.45. The monoisotopic (exact) mass is 320 g/mol. The number of rotatable bonds is 7. The van der Waals surface area contributed by atoms with E-state index in [-0.39, 0.29) is 18.1 Å². The smallest absolute Gasteiger partial charge is 0.157 e. The van der Waals surface area contributed by atoms with Crippen LogP contribution in [0.3, 0.4) is 0 Å². The molecule has 2 rings (SSSR count). The summed E-state index contributed by atoms with van der Waals surface area (Å²) in [5.41, 5.74) is 1.76. The van der Waals surface area contributed by atoms with Crippen molar-refractivity contribution in [1.29, 1.82) is 0 Å². The van der Waals surface area contributed by atoms with Crippen LogP contribution in [0.15, 0.2) is 54.6 Å². The van der Waals surface area contributed by atoms with Crippen molar-refractivity contribution < 1.29 is 18.3 Å². The Balaban J connectivity index is 1.86. The highest BCUT2D eigenvalue weighted by Crippen LogP contribution is 2.13. The lowest BCUT2D eigenvalue weighted by Crippen LogP contribution is -2.27. The summed E-state index contributed by atoms with van der Waals surface area (Å²) in [5.74, 6) is 0.239. The van der Waals surface area contributed by atoms with Crippen LogP contribution >= 0.6 is 0 Å². The molecule has 4 nitrogen and oxygen atoms in total. The predicted octanol–water partition coefficient (Wildman–Crippen LogP) is 2.35. The van der Waals surface area contributed by atoms with Gasteiger partial charge in [0.25, 0.3) is 0 Å². The average molecular weight is 320 g/mol. The molecule has 0 aliphatic carbocycles. The van der Waals surface area contributed by atoms with E-state index < -0.39 is 15.9 Å². The summed E-state index contributed by atoms with van der Waals surface area (Å²) >= 11 is 0. The number of aliphatic hydroxyl groups is 1. The molecule has 0 amide bonds. The van der Waals surface area contributed by atoms with Gasteiger partial charge in [0, 0.05) is 0 Å². The first-order chi connectivity index (χ1) is 10.4. The van der Waals surface area contributed by atoms with E-state index in [1.165, 1.54) is 0 Å². The zero-order valence-corrected chi connectivity index (χ0v) is 13.3. The molecule has 0 heterocycles. The summed E-state index contributed by atoms with van der Waals surface area (Å²) in [4.78, 5) is 0. The van der Waals surface area contributed by atoms with Crippen molar-refractivity contribution in [2.45, 2.75) is 18.8 Å². The van der Waals surface area contributed by atoms with E-state index in [0.29, 0.717) is 11.3 Å². The third-order valence-electron chi connectivity index (χ3n) is 3.11. The van der Waals surface area contributed by atoms with Crippen LogP contribution in [0.4, 0.5) is 0 Å².